The first-order chi connectivity index (χ1) is 7.70. The number of halogens is 1. The highest BCUT2D eigenvalue weighted by atomic mass is 35.5. The van der Waals surface area contributed by atoms with Crippen LogP contribution >= 0.6 is 11.6 Å². The second-order valence-electron chi connectivity index (χ2n) is 3.46. The molecule has 6 heteroatoms. The Morgan fingerprint density at radius 3 is 3.19 bits per heavy atom. The summed E-state index contributed by atoms with van der Waals surface area (Å²) in [6.45, 7) is 3.21. The van der Waals surface area contributed by atoms with Crippen LogP contribution in [0.5, 0.6) is 0 Å². The highest BCUT2D eigenvalue weighted by Gasteiger charge is 2.23. The van der Waals surface area contributed by atoms with Gasteiger partial charge in [-0.3, -0.25) is 4.98 Å². The molecule has 0 bridgehead atoms. The molecule has 0 aromatic carbocycles. The van der Waals surface area contributed by atoms with E-state index in [2.05, 4.69) is 9.97 Å². The average molecular weight is 242 g/mol. The van der Waals surface area contributed by atoms with E-state index in [1.165, 1.54) is 6.20 Å². The summed E-state index contributed by atoms with van der Waals surface area (Å²) >= 11 is 5.75. The third-order valence-electron chi connectivity index (χ3n) is 2.39. The molecule has 16 heavy (non-hydrogen) atoms. The zero-order valence-electron chi connectivity index (χ0n) is 8.94. The minimum atomic E-state index is -0.301. The number of nitrogens with zero attached hydrogens (tertiary/aromatic N) is 3. The van der Waals surface area contributed by atoms with Crippen LogP contribution in [-0.4, -0.2) is 34.1 Å². The van der Waals surface area contributed by atoms with Crippen LogP contribution in [0.3, 0.4) is 0 Å². The lowest BCUT2D eigenvalue weighted by atomic mass is 10.1. The lowest BCUT2D eigenvalue weighted by molar-refractivity contribution is 0.102. The van der Waals surface area contributed by atoms with Crippen LogP contribution < -0.4 is 0 Å². The molecule has 0 fully saturated rings. The van der Waals surface area contributed by atoms with Gasteiger partial charge >= 0.3 is 6.09 Å². The number of carbonyl (C=O) groups excluding carboxylic acids is 1. The van der Waals surface area contributed by atoms with Gasteiger partial charge in [0.15, 0.2) is 0 Å². The van der Waals surface area contributed by atoms with Crippen molar-refractivity contribution in [2.75, 3.05) is 13.2 Å². The number of hydrogen-bond donors (Lipinski definition) is 0. The monoisotopic (exact) mass is 241 g/mol. The SMILES string of the molecule is CCOC(=O)N1CCc2nc(Cl)cnc2C1. The number of fused-ring (bicyclic) bond motifs is 1. The summed E-state index contributed by atoms with van der Waals surface area (Å²) in [6, 6.07) is 0. The molecule has 0 atom stereocenters. The molecule has 0 spiro atoms. The van der Waals surface area contributed by atoms with Gasteiger partial charge in [0.05, 0.1) is 30.7 Å². The van der Waals surface area contributed by atoms with Crippen molar-refractivity contribution < 1.29 is 9.53 Å². The van der Waals surface area contributed by atoms with Gasteiger partial charge in [0, 0.05) is 13.0 Å². The van der Waals surface area contributed by atoms with Crippen LogP contribution in [0.2, 0.25) is 5.15 Å². The molecule has 2 rings (SSSR count). The van der Waals surface area contributed by atoms with Crippen LogP contribution in [0.15, 0.2) is 6.20 Å². The third kappa shape index (κ3) is 2.24. The summed E-state index contributed by atoms with van der Waals surface area (Å²) in [4.78, 5) is 21.5. The molecule has 0 radical (unpaired) electrons. The van der Waals surface area contributed by atoms with Crippen molar-refractivity contribution in [2.45, 2.75) is 19.9 Å². The van der Waals surface area contributed by atoms with Crippen molar-refractivity contribution >= 4 is 17.7 Å². The molecule has 0 aliphatic carbocycles. The Morgan fingerprint density at radius 2 is 2.44 bits per heavy atom. The van der Waals surface area contributed by atoms with E-state index in [1.54, 1.807) is 11.8 Å². The molecule has 0 unspecified atom stereocenters. The van der Waals surface area contributed by atoms with Crippen LogP contribution in [0.25, 0.3) is 0 Å². The lowest BCUT2D eigenvalue weighted by Gasteiger charge is -2.26. The first-order valence-corrected chi connectivity index (χ1v) is 5.50. The average Bonchev–Trinajstić information content (AvgIpc) is 2.28. The van der Waals surface area contributed by atoms with Gasteiger partial charge in [-0.2, -0.15) is 0 Å². The Kier molecular flexibility index (Phi) is 3.24. The van der Waals surface area contributed by atoms with E-state index in [1.807, 2.05) is 0 Å². The fraction of sp³-hybridized carbons (Fsp3) is 0.500. The van der Waals surface area contributed by atoms with Gasteiger partial charge in [-0.15, -0.1) is 0 Å². The van der Waals surface area contributed by atoms with E-state index in [0.717, 1.165) is 11.4 Å². The normalized spacial score (nSPS) is 14.5. The Labute approximate surface area is 98.4 Å². The van der Waals surface area contributed by atoms with Crippen molar-refractivity contribution in [1.82, 2.24) is 14.9 Å². The predicted octanol–water partition coefficient (Wildman–Crippen LogP) is 1.64. The van der Waals surface area contributed by atoms with E-state index in [-0.39, 0.29) is 6.09 Å². The Bertz CT molecular complexity index is 411. The molecule has 86 valence electrons. The van der Waals surface area contributed by atoms with E-state index >= 15 is 0 Å². The third-order valence-corrected chi connectivity index (χ3v) is 2.57. The number of hydrogen-bond acceptors (Lipinski definition) is 4. The second-order valence-corrected chi connectivity index (χ2v) is 3.84. The summed E-state index contributed by atoms with van der Waals surface area (Å²) in [5.41, 5.74) is 1.66. The number of ether oxygens (including phenoxy) is 1. The van der Waals surface area contributed by atoms with Gasteiger partial charge in [-0.05, 0) is 6.92 Å². The van der Waals surface area contributed by atoms with Crippen molar-refractivity contribution in [3.05, 3.63) is 22.7 Å². The van der Waals surface area contributed by atoms with Gasteiger partial charge in [-0.25, -0.2) is 9.78 Å². The van der Waals surface area contributed by atoms with Crippen LogP contribution in [-0.2, 0) is 17.7 Å². The first kappa shape index (κ1) is 11.1. The van der Waals surface area contributed by atoms with E-state index in [9.17, 15) is 4.79 Å². The van der Waals surface area contributed by atoms with Gasteiger partial charge in [0.1, 0.15) is 5.15 Å². The topological polar surface area (TPSA) is 55.3 Å². The smallest absolute Gasteiger partial charge is 0.410 e. The highest BCUT2D eigenvalue weighted by Crippen LogP contribution is 2.17. The van der Waals surface area contributed by atoms with Gasteiger partial charge in [0.2, 0.25) is 0 Å². The maximum atomic E-state index is 11.5. The number of rotatable bonds is 1. The molecule has 1 aromatic rings. The summed E-state index contributed by atoms with van der Waals surface area (Å²) in [7, 11) is 0. The van der Waals surface area contributed by atoms with Crippen molar-refractivity contribution in [3.8, 4) is 0 Å². The fourth-order valence-corrected chi connectivity index (χ4v) is 1.78. The largest absolute Gasteiger partial charge is 0.450 e. The summed E-state index contributed by atoms with van der Waals surface area (Å²) in [5, 5.41) is 0.392. The highest BCUT2D eigenvalue weighted by molar-refractivity contribution is 6.29. The zero-order chi connectivity index (χ0) is 11.5. The Hall–Kier alpha value is -1.36. The van der Waals surface area contributed by atoms with E-state index < -0.39 is 0 Å². The Morgan fingerprint density at radius 1 is 1.62 bits per heavy atom. The van der Waals surface area contributed by atoms with Gasteiger partial charge < -0.3 is 9.64 Å². The molecular weight excluding hydrogens is 230 g/mol. The first-order valence-electron chi connectivity index (χ1n) is 5.12. The van der Waals surface area contributed by atoms with E-state index in [0.29, 0.717) is 31.3 Å². The summed E-state index contributed by atoms with van der Waals surface area (Å²) in [5.74, 6) is 0. The maximum absolute atomic E-state index is 11.5. The van der Waals surface area contributed by atoms with Crippen molar-refractivity contribution in [2.24, 2.45) is 0 Å². The van der Waals surface area contributed by atoms with Gasteiger partial charge in [-0.1, -0.05) is 11.6 Å². The standard InChI is InChI=1S/C10H12ClN3O2/c1-2-16-10(15)14-4-3-7-8(6-14)12-5-9(11)13-7/h5H,2-4,6H2,1H3. The quantitative estimate of drug-likeness (QED) is 0.750. The molecule has 1 aromatic heterocycles. The molecule has 0 saturated carbocycles. The number of carbonyl (C=O) groups is 1. The fourth-order valence-electron chi connectivity index (χ4n) is 1.63. The maximum Gasteiger partial charge on any atom is 0.410 e. The minimum absolute atomic E-state index is 0.301. The van der Waals surface area contributed by atoms with Crippen molar-refractivity contribution in [1.29, 1.82) is 0 Å². The molecule has 0 saturated heterocycles. The number of amides is 1. The minimum Gasteiger partial charge on any atom is -0.450 e. The van der Waals surface area contributed by atoms with Crippen LogP contribution in [0, 0.1) is 0 Å². The van der Waals surface area contributed by atoms with Crippen LogP contribution in [0.4, 0.5) is 4.79 Å². The molecular formula is C10H12ClN3O2. The van der Waals surface area contributed by atoms with Crippen molar-refractivity contribution in [3.63, 3.8) is 0 Å². The molecule has 0 N–H and O–H groups in total. The van der Waals surface area contributed by atoms with Crippen LogP contribution in [0.1, 0.15) is 18.3 Å². The zero-order valence-corrected chi connectivity index (χ0v) is 9.70. The molecule has 1 aliphatic rings. The summed E-state index contributed by atoms with van der Waals surface area (Å²) in [6.07, 6.45) is 1.86. The molecule has 1 amide bonds. The lowest BCUT2D eigenvalue weighted by Crippen LogP contribution is -2.37. The number of aromatic nitrogens is 2. The molecule has 2 heterocycles. The second kappa shape index (κ2) is 4.65. The van der Waals surface area contributed by atoms with E-state index in [4.69, 9.17) is 16.3 Å². The molecule has 1 aliphatic heterocycles. The predicted molar refractivity (Wildman–Crippen MR) is 58.2 cm³/mol. The molecule has 5 nitrogen and oxygen atoms in total. The Balaban J connectivity index is 2.12. The summed E-state index contributed by atoms with van der Waals surface area (Å²) < 4.78 is 4.93. The van der Waals surface area contributed by atoms with Gasteiger partial charge in [0.25, 0.3) is 0 Å².